The molecule has 2 aromatic rings. The molecule has 0 saturated heterocycles. The van der Waals surface area contributed by atoms with Crippen LogP contribution in [0.1, 0.15) is 48.3 Å². The molecule has 1 aromatic carbocycles. The minimum atomic E-state index is -0.0267. The number of rotatable bonds is 6. The van der Waals surface area contributed by atoms with Gasteiger partial charge in [0.2, 0.25) is 0 Å². The molecule has 1 amide bonds. The SMILES string of the molecule is CC(C)CCNC(=O)c1cnc2c(c1)N(Cc1ccccc1)CCC2. The molecule has 0 atom stereocenters. The predicted molar refractivity (Wildman–Crippen MR) is 102 cm³/mol. The summed E-state index contributed by atoms with van der Waals surface area (Å²) in [5, 5.41) is 3.00. The van der Waals surface area contributed by atoms with Gasteiger partial charge in [0.15, 0.2) is 0 Å². The molecule has 0 unspecified atom stereocenters. The zero-order valence-corrected chi connectivity index (χ0v) is 15.2. The van der Waals surface area contributed by atoms with E-state index < -0.39 is 0 Å². The second-order valence-electron chi connectivity index (χ2n) is 7.14. The maximum atomic E-state index is 12.4. The number of nitrogens with one attached hydrogen (secondary N) is 1. The molecule has 0 radical (unpaired) electrons. The zero-order valence-electron chi connectivity index (χ0n) is 15.2. The van der Waals surface area contributed by atoms with E-state index in [1.165, 1.54) is 5.56 Å². The van der Waals surface area contributed by atoms with Gasteiger partial charge in [-0.05, 0) is 36.8 Å². The lowest BCUT2D eigenvalue weighted by Crippen LogP contribution is -2.31. The van der Waals surface area contributed by atoms with Gasteiger partial charge in [0.25, 0.3) is 5.91 Å². The molecule has 2 heterocycles. The van der Waals surface area contributed by atoms with Crippen LogP contribution in [0.2, 0.25) is 0 Å². The first-order valence-corrected chi connectivity index (χ1v) is 9.19. The molecule has 132 valence electrons. The van der Waals surface area contributed by atoms with Crippen molar-refractivity contribution in [1.29, 1.82) is 0 Å². The Morgan fingerprint density at radius 2 is 2.08 bits per heavy atom. The molecule has 0 aliphatic carbocycles. The molecule has 1 aromatic heterocycles. The molecule has 4 heteroatoms. The summed E-state index contributed by atoms with van der Waals surface area (Å²) in [6, 6.07) is 12.5. The van der Waals surface area contributed by atoms with Crippen molar-refractivity contribution in [3.8, 4) is 0 Å². The summed E-state index contributed by atoms with van der Waals surface area (Å²) in [5.41, 5.74) is 4.14. The molecular weight excluding hydrogens is 310 g/mol. The van der Waals surface area contributed by atoms with E-state index in [4.69, 9.17) is 0 Å². The van der Waals surface area contributed by atoms with E-state index in [1.54, 1.807) is 6.20 Å². The van der Waals surface area contributed by atoms with E-state index in [0.29, 0.717) is 18.0 Å². The third-order valence-corrected chi connectivity index (χ3v) is 4.62. The summed E-state index contributed by atoms with van der Waals surface area (Å²) in [6.45, 7) is 6.89. The van der Waals surface area contributed by atoms with E-state index in [1.807, 2.05) is 12.1 Å². The Morgan fingerprint density at radius 1 is 1.28 bits per heavy atom. The van der Waals surface area contributed by atoms with Crippen molar-refractivity contribution in [3.63, 3.8) is 0 Å². The molecule has 25 heavy (non-hydrogen) atoms. The fraction of sp³-hybridized carbons (Fsp3) is 0.429. The summed E-state index contributed by atoms with van der Waals surface area (Å²) in [6.07, 6.45) is 4.79. The summed E-state index contributed by atoms with van der Waals surface area (Å²) in [7, 11) is 0. The number of aromatic nitrogens is 1. The van der Waals surface area contributed by atoms with Crippen LogP contribution in [-0.2, 0) is 13.0 Å². The van der Waals surface area contributed by atoms with Gasteiger partial charge < -0.3 is 10.2 Å². The van der Waals surface area contributed by atoms with Crippen molar-refractivity contribution in [2.24, 2.45) is 5.92 Å². The first-order chi connectivity index (χ1) is 12.1. The summed E-state index contributed by atoms with van der Waals surface area (Å²) >= 11 is 0. The fourth-order valence-corrected chi connectivity index (χ4v) is 3.17. The zero-order chi connectivity index (χ0) is 17.6. The topological polar surface area (TPSA) is 45.2 Å². The van der Waals surface area contributed by atoms with Crippen LogP contribution >= 0.6 is 0 Å². The summed E-state index contributed by atoms with van der Waals surface area (Å²) in [4.78, 5) is 19.3. The van der Waals surface area contributed by atoms with Crippen LogP contribution in [0.25, 0.3) is 0 Å². The first kappa shape index (κ1) is 17.5. The van der Waals surface area contributed by atoms with Crippen LogP contribution in [0, 0.1) is 5.92 Å². The van der Waals surface area contributed by atoms with Gasteiger partial charge in [-0.1, -0.05) is 44.2 Å². The molecule has 4 nitrogen and oxygen atoms in total. The van der Waals surface area contributed by atoms with Gasteiger partial charge in [-0.2, -0.15) is 0 Å². The lowest BCUT2D eigenvalue weighted by molar-refractivity contribution is 0.0951. The lowest BCUT2D eigenvalue weighted by Gasteiger charge is -2.31. The van der Waals surface area contributed by atoms with Crippen LogP contribution in [0.4, 0.5) is 5.69 Å². The molecule has 3 rings (SSSR count). The third-order valence-electron chi connectivity index (χ3n) is 4.62. The van der Waals surface area contributed by atoms with Gasteiger partial charge in [0.1, 0.15) is 0 Å². The fourth-order valence-electron chi connectivity index (χ4n) is 3.17. The number of hydrogen-bond acceptors (Lipinski definition) is 3. The van der Waals surface area contributed by atoms with Gasteiger partial charge in [0.05, 0.1) is 16.9 Å². The number of pyridine rings is 1. The van der Waals surface area contributed by atoms with E-state index in [0.717, 1.165) is 43.7 Å². The molecule has 0 spiro atoms. The highest BCUT2D eigenvalue weighted by atomic mass is 16.1. The summed E-state index contributed by atoms with van der Waals surface area (Å²) in [5.74, 6) is 0.560. The highest BCUT2D eigenvalue weighted by Crippen LogP contribution is 2.28. The minimum Gasteiger partial charge on any atom is -0.366 e. The van der Waals surface area contributed by atoms with Gasteiger partial charge >= 0.3 is 0 Å². The van der Waals surface area contributed by atoms with E-state index in [9.17, 15) is 4.79 Å². The molecule has 0 bridgehead atoms. The number of hydrogen-bond donors (Lipinski definition) is 1. The maximum absolute atomic E-state index is 12.4. The highest BCUT2D eigenvalue weighted by Gasteiger charge is 2.20. The Morgan fingerprint density at radius 3 is 2.84 bits per heavy atom. The quantitative estimate of drug-likeness (QED) is 0.872. The van der Waals surface area contributed by atoms with Crippen LogP contribution in [-0.4, -0.2) is 24.0 Å². The van der Waals surface area contributed by atoms with E-state index in [-0.39, 0.29) is 5.91 Å². The lowest BCUT2D eigenvalue weighted by atomic mass is 10.0. The maximum Gasteiger partial charge on any atom is 0.252 e. The second-order valence-corrected chi connectivity index (χ2v) is 7.14. The average molecular weight is 337 g/mol. The smallest absolute Gasteiger partial charge is 0.252 e. The van der Waals surface area contributed by atoms with Gasteiger partial charge in [-0.3, -0.25) is 9.78 Å². The largest absolute Gasteiger partial charge is 0.366 e. The Bertz CT molecular complexity index is 712. The standard InChI is InChI=1S/C21H27N3O/c1-16(2)10-11-22-21(25)18-13-20-19(23-14-18)9-6-12-24(20)15-17-7-4-3-5-8-17/h3-5,7-8,13-14,16H,6,9-12,15H2,1-2H3,(H,22,25). The average Bonchev–Trinajstić information content (AvgIpc) is 2.62. The molecule has 0 fully saturated rings. The van der Waals surface area contributed by atoms with Crippen LogP contribution in [0.3, 0.4) is 0 Å². The minimum absolute atomic E-state index is 0.0267. The normalized spacial score (nSPS) is 13.6. The second kappa shape index (κ2) is 8.15. The van der Waals surface area contributed by atoms with Crippen molar-refractivity contribution < 1.29 is 4.79 Å². The number of amides is 1. The monoisotopic (exact) mass is 337 g/mol. The number of carbonyl (C=O) groups excluding carboxylic acids is 1. The first-order valence-electron chi connectivity index (χ1n) is 9.19. The molecule has 0 saturated carbocycles. The van der Waals surface area contributed by atoms with Gasteiger partial charge in [-0.25, -0.2) is 0 Å². The molecular formula is C21H27N3O. The number of carbonyl (C=O) groups is 1. The number of nitrogens with zero attached hydrogens (tertiary/aromatic N) is 2. The highest BCUT2D eigenvalue weighted by molar-refractivity contribution is 5.95. The van der Waals surface area contributed by atoms with Crippen molar-refractivity contribution in [2.75, 3.05) is 18.0 Å². The number of benzene rings is 1. The van der Waals surface area contributed by atoms with Crippen LogP contribution < -0.4 is 10.2 Å². The Hall–Kier alpha value is -2.36. The Labute approximate surface area is 150 Å². The van der Waals surface area contributed by atoms with Gasteiger partial charge in [0, 0.05) is 25.8 Å². The summed E-state index contributed by atoms with van der Waals surface area (Å²) < 4.78 is 0. The molecule has 1 aliphatic rings. The van der Waals surface area contributed by atoms with E-state index >= 15 is 0 Å². The van der Waals surface area contributed by atoms with Crippen LogP contribution in [0.15, 0.2) is 42.6 Å². The third kappa shape index (κ3) is 4.59. The number of anilines is 1. The van der Waals surface area contributed by atoms with Crippen molar-refractivity contribution in [1.82, 2.24) is 10.3 Å². The number of aryl methyl sites for hydroxylation is 1. The molecule has 1 N–H and O–H groups in total. The number of fused-ring (bicyclic) bond motifs is 1. The van der Waals surface area contributed by atoms with E-state index in [2.05, 4.69) is 53.3 Å². The van der Waals surface area contributed by atoms with Crippen molar-refractivity contribution in [2.45, 2.75) is 39.7 Å². The molecule has 1 aliphatic heterocycles. The van der Waals surface area contributed by atoms with Crippen molar-refractivity contribution >= 4 is 11.6 Å². The van der Waals surface area contributed by atoms with Crippen LogP contribution in [0.5, 0.6) is 0 Å². The predicted octanol–water partition coefficient (Wildman–Crippen LogP) is 3.81. The van der Waals surface area contributed by atoms with Gasteiger partial charge in [-0.15, -0.1) is 0 Å². The van der Waals surface area contributed by atoms with Crippen molar-refractivity contribution in [3.05, 3.63) is 59.4 Å². The Kier molecular flexibility index (Phi) is 5.69. The Balaban J connectivity index is 1.74.